The molecule has 2 aromatic carbocycles. The number of nitrogens with zero attached hydrogens (tertiary/aromatic N) is 2. The molecule has 33 heavy (non-hydrogen) atoms. The second-order valence-corrected chi connectivity index (χ2v) is 9.57. The highest BCUT2D eigenvalue weighted by Gasteiger charge is 2.31. The van der Waals surface area contributed by atoms with E-state index in [1.54, 1.807) is 14.2 Å². The van der Waals surface area contributed by atoms with Crippen molar-refractivity contribution in [2.75, 3.05) is 20.8 Å². The van der Waals surface area contributed by atoms with Crippen LogP contribution in [-0.2, 0) is 27.6 Å². The summed E-state index contributed by atoms with van der Waals surface area (Å²) >= 11 is 0. The molecule has 1 aliphatic rings. The zero-order valence-electron chi connectivity index (χ0n) is 18.9. The Morgan fingerprint density at radius 2 is 1.55 bits per heavy atom. The predicted molar refractivity (Wildman–Crippen MR) is 124 cm³/mol. The van der Waals surface area contributed by atoms with E-state index in [1.807, 2.05) is 48.5 Å². The number of primary sulfonamides is 1. The molecule has 176 valence electrons. The van der Waals surface area contributed by atoms with Crippen LogP contribution in [0.1, 0.15) is 47.9 Å². The van der Waals surface area contributed by atoms with Crippen molar-refractivity contribution in [2.45, 2.75) is 43.4 Å². The summed E-state index contributed by atoms with van der Waals surface area (Å²) in [5, 5.41) is 10.5. The largest absolute Gasteiger partial charge is 0.497 e. The molecule has 3 aromatic rings. The van der Waals surface area contributed by atoms with Gasteiger partial charge < -0.3 is 14.2 Å². The van der Waals surface area contributed by atoms with Gasteiger partial charge in [0.2, 0.25) is 0 Å². The number of rotatable bonds is 8. The fraction of sp³-hybridized carbons (Fsp3) is 0.375. The number of aromatic nitrogens is 2. The van der Waals surface area contributed by atoms with Crippen LogP contribution in [0.5, 0.6) is 11.5 Å². The van der Waals surface area contributed by atoms with E-state index in [1.165, 1.54) is 4.68 Å². The lowest BCUT2D eigenvalue weighted by Crippen LogP contribution is -2.26. The summed E-state index contributed by atoms with van der Waals surface area (Å²) in [6.07, 6.45) is 2.95. The average Bonchev–Trinajstić information content (AvgIpc) is 3.19. The van der Waals surface area contributed by atoms with Gasteiger partial charge in [0.05, 0.1) is 19.9 Å². The van der Waals surface area contributed by atoms with Crippen molar-refractivity contribution in [1.82, 2.24) is 9.78 Å². The molecule has 8 nitrogen and oxygen atoms in total. The van der Waals surface area contributed by atoms with E-state index in [0.717, 1.165) is 35.5 Å². The summed E-state index contributed by atoms with van der Waals surface area (Å²) in [6.45, 7) is 0.566. The van der Waals surface area contributed by atoms with Gasteiger partial charge in [0.1, 0.15) is 11.5 Å². The minimum atomic E-state index is -4.05. The number of nitrogens with two attached hydrogens (primary N) is 1. The predicted octanol–water partition coefficient (Wildman–Crippen LogP) is 3.43. The summed E-state index contributed by atoms with van der Waals surface area (Å²) < 4.78 is 43.4. The standard InChI is InChI=1S/C24H29N3O5S/c1-30-19-10-6-17(7-11-19)15-21-22(16-18-8-12-20(31-2)13-9-18)26-27(24(21)33(25,28)29)23-5-3-4-14-32-23/h6-13,23H,3-5,14-16H2,1-2H3,(H2,25,28,29). The van der Waals surface area contributed by atoms with Crippen LogP contribution in [0.3, 0.4) is 0 Å². The van der Waals surface area contributed by atoms with Crippen LogP contribution < -0.4 is 14.6 Å². The number of ether oxygens (including phenoxy) is 3. The van der Waals surface area contributed by atoms with Crippen LogP contribution >= 0.6 is 0 Å². The van der Waals surface area contributed by atoms with E-state index in [-0.39, 0.29) is 5.03 Å². The Morgan fingerprint density at radius 1 is 0.970 bits per heavy atom. The number of sulfonamides is 1. The molecule has 0 aliphatic carbocycles. The maximum atomic E-state index is 12.8. The maximum absolute atomic E-state index is 12.8. The van der Waals surface area contributed by atoms with E-state index < -0.39 is 16.3 Å². The minimum Gasteiger partial charge on any atom is -0.497 e. The lowest BCUT2D eigenvalue weighted by atomic mass is 10.0. The molecule has 1 saturated heterocycles. The van der Waals surface area contributed by atoms with Crippen LogP contribution in [0.2, 0.25) is 0 Å². The van der Waals surface area contributed by atoms with Gasteiger partial charge in [-0.3, -0.25) is 0 Å². The Hall–Kier alpha value is -2.88. The first-order valence-corrected chi connectivity index (χ1v) is 12.4. The maximum Gasteiger partial charge on any atom is 0.255 e. The molecular weight excluding hydrogens is 442 g/mol. The van der Waals surface area contributed by atoms with E-state index in [0.29, 0.717) is 37.1 Å². The molecule has 1 fully saturated rings. The van der Waals surface area contributed by atoms with Gasteiger partial charge in [-0.15, -0.1) is 0 Å². The van der Waals surface area contributed by atoms with Crippen LogP contribution in [0, 0.1) is 0 Å². The average molecular weight is 472 g/mol. The smallest absolute Gasteiger partial charge is 0.255 e. The van der Waals surface area contributed by atoms with Crippen LogP contribution in [0.25, 0.3) is 0 Å². The molecule has 1 aromatic heterocycles. The van der Waals surface area contributed by atoms with Gasteiger partial charge in [-0.25, -0.2) is 18.2 Å². The molecule has 4 rings (SSSR count). The monoisotopic (exact) mass is 471 g/mol. The highest BCUT2D eigenvalue weighted by molar-refractivity contribution is 7.89. The van der Waals surface area contributed by atoms with Gasteiger partial charge >= 0.3 is 0 Å². The fourth-order valence-corrected chi connectivity index (χ4v) is 5.07. The van der Waals surface area contributed by atoms with Crippen molar-refractivity contribution < 1.29 is 22.6 Å². The normalized spacial score (nSPS) is 16.5. The molecule has 0 radical (unpaired) electrons. The first-order valence-electron chi connectivity index (χ1n) is 10.9. The summed E-state index contributed by atoms with van der Waals surface area (Å²) in [7, 11) is -0.829. The Morgan fingerprint density at radius 3 is 2.03 bits per heavy atom. The van der Waals surface area contributed by atoms with Crippen LogP contribution in [0.15, 0.2) is 53.6 Å². The Kier molecular flexibility index (Phi) is 7.02. The van der Waals surface area contributed by atoms with Gasteiger partial charge in [-0.1, -0.05) is 24.3 Å². The van der Waals surface area contributed by atoms with Gasteiger partial charge in [-0.05, 0) is 54.7 Å². The molecule has 2 N–H and O–H groups in total. The third-order valence-electron chi connectivity index (χ3n) is 5.81. The molecule has 9 heteroatoms. The van der Waals surface area contributed by atoms with Gasteiger partial charge in [-0.2, -0.15) is 5.10 Å². The molecular formula is C24H29N3O5S. The first kappa shape index (κ1) is 23.3. The Labute approximate surface area is 194 Å². The molecule has 0 amide bonds. The Bertz CT molecular complexity index is 1180. The van der Waals surface area contributed by atoms with Crippen molar-refractivity contribution >= 4 is 10.0 Å². The topological polar surface area (TPSA) is 106 Å². The quantitative estimate of drug-likeness (QED) is 0.540. The summed E-state index contributed by atoms with van der Waals surface area (Å²) in [5.74, 6) is 1.48. The van der Waals surface area contributed by atoms with E-state index in [4.69, 9.17) is 24.4 Å². The fourth-order valence-electron chi connectivity index (χ4n) is 4.12. The SMILES string of the molecule is COc1ccc(Cc2nn(C3CCCCO3)c(S(N)(=O)=O)c2Cc2ccc(OC)cc2)cc1. The summed E-state index contributed by atoms with van der Waals surface area (Å²) in [5.41, 5.74) is 3.17. The lowest BCUT2D eigenvalue weighted by Gasteiger charge is -2.24. The molecule has 1 atom stereocenters. The molecule has 1 unspecified atom stereocenters. The second kappa shape index (κ2) is 9.94. The minimum absolute atomic E-state index is 0.0220. The number of methoxy groups -OCH3 is 2. The second-order valence-electron chi connectivity index (χ2n) is 8.09. The third kappa shape index (κ3) is 5.38. The lowest BCUT2D eigenvalue weighted by molar-refractivity contribution is -0.0451. The zero-order chi connectivity index (χ0) is 23.4. The molecule has 0 spiro atoms. The zero-order valence-corrected chi connectivity index (χ0v) is 19.7. The van der Waals surface area contributed by atoms with Crippen molar-refractivity contribution in [2.24, 2.45) is 5.14 Å². The van der Waals surface area contributed by atoms with Gasteiger partial charge in [0.25, 0.3) is 10.0 Å². The van der Waals surface area contributed by atoms with E-state index in [2.05, 4.69) is 0 Å². The van der Waals surface area contributed by atoms with E-state index >= 15 is 0 Å². The first-order chi connectivity index (χ1) is 15.9. The summed E-state index contributed by atoms with van der Waals surface area (Å²) in [4.78, 5) is 0. The molecule has 2 heterocycles. The van der Waals surface area contributed by atoms with Crippen LogP contribution in [0.4, 0.5) is 0 Å². The highest BCUT2D eigenvalue weighted by Crippen LogP contribution is 2.31. The van der Waals surface area contributed by atoms with E-state index in [9.17, 15) is 8.42 Å². The number of hydrogen-bond donors (Lipinski definition) is 1. The number of benzene rings is 2. The van der Waals surface area contributed by atoms with Crippen molar-refractivity contribution in [3.63, 3.8) is 0 Å². The van der Waals surface area contributed by atoms with Crippen molar-refractivity contribution in [3.8, 4) is 11.5 Å². The summed E-state index contributed by atoms with van der Waals surface area (Å²) in [6, 6.07) is 15.2. The van der Waals surface area contributed by atoms with Gasteiger partial charge in [0.15, 0.2) is 11.3 Å². The van der Waals surface area contributed by atoms with Gasteiger partial charge in [0, 0.05) is 25.0 Å². The van der Waals surface area contributed by atoms with Crippen molar-refractivity contribution in [1.29, 1.82) is 0 Å². The molecule has 0 bridgehead atoms. The number of hydrogen-bond acceptors (Lipinski definition) is 6. The third-order valence-corrected chi connectivity index (χ3v) is 6.78. The van der Waals surface area contributed by atoms with Crippen molar-refractivity contribution in [3.05, 3.63) is 70.9 Å². The Balaban J connectivity index is 1.80. The highest BCUT2D eigenvalue weighted by atomic mass is 32.2. The molecule has 0 saturated carbocycles. The van der Waals surface area contributed by atoms with Crippen LogP contribution in [-0.4, -0.2) is 39.0 Å². The molecule has 1 aliphatic heterocycles.